The number of alkyl halides is 1. The van der Waals surface area contributed by atoms with Gasteiger partial charge in [-0.3, -0.25) is 4.79 Å². The van der Waals surface area contributed by atoms with Gasteiger partial charge in [-0.2, -0.15) is 0 Å². The van der Waals surface area contributed by atoms with Crippen LogP contribution in [0, 0.1) is 5.82 Å². The van der Waals surface area contributed by atoms with Crippen molar-refractivity contribution in [3.63, 3.8) is 0 Å². The third-order valence-electron chi connectivity index (χ3n) is 1.98. The van der Waals surface area contributed by atoms with Crippen LogP contribution in [-0.4, -0.2) is 16.8 Å². The maximum absolute atomic E-state index is 13.1. The molecule has 0 aliphatic rings. The summed E-state index contributed by atoms with van der Waals surface area (Å²) in [7, 11) is 0. The van der Waals surface area contributed by atoms with Crippen LogP contribution in [-0.2, 0) is 0 Å². The van der Waals surface area contributed by atoms with Crippen LogP contribution in [0.4, 0.5) is 4.39 Å². The van der Waals surface area contributed by atoms with E-state index >= 15 is 0 Å². The number of carbonyl (C=O) groups excluding carboxylic acids is 1. The van der Waals surface area contributed by atoms with E-state index in [4.69, 9.17) is 11.6 Å². The van der Waals surface area contributed by atoms with E-state index in [-0.39, 0.29) is 16.5 Å². The molecule has 0 saturated heterocycles. The molecule has 0 bridgehead atoms. The summed E-state index contributed by atoms with van der Waals surface area (Å²) in [4.78, 5) is 11.8. The predicted molar refractivity (Wildman–Crippen MR) is 66.7 cm³/mol. The Morgan fingerprint density at radius 3 is 2.75 bits per heavy atom. The fourth-order valence-electron chi connectivity index (χ4n) is 1.09. The first-order chi connectivity index (χ1) is 7.37. The fourth-order valence-corrected chi connectivity index (χ4v) is 1.44. The minimum atomic E-state index is -0.592. The number of rotatable bonds is 3. The zero-order valence-corrected chi connectivity index (χ0v) is 11.3. The van der Waals surface area contributed by atoms with E-state index in [9.17, 15) is 9.18 Å². The highest BCUT2D eigenvalue weighted by atomic mass is 79.9. The number of benzene rings is 1. The molecule has 5 heteroatoms. The normalized spacial score (nSPS) is 11.3. The average Bonchev–Trinajstić information content (AvgIpc) is 2.21. The second-order valence-corrected chi connectivity index (χ2v) is 5.01. The lowest BCUT2D eigenvalue weighted by Crippen LogP contribution is -2.44. The molecule has 0 unspecified atom stereocenters. The molecule has 0 aromatic heterocycles. The molecule has 0 fully saturated rings. The van der Waals surface area contributed by atoms with E-state index in [2.05, 4.69) is 21.2 Å². The van der Waals surface area contributed by atoms with E-state index in [0.717, 1.165) is 0 Å². The smallest absolute Gasteiger partial charge is 0.253 e. The molecule has 0 saturated carbocycles. The fraction of sp³-hybridized carbons (Fsp3) is 0.364. The van der Waals surface area contributed by atoms with Gasteiger partial charge in [0, 0.05) is 10.9 Å². The molecule has 0 aliphatic heterocycles. The molecule has 1 amide bonds. The molecule has 1 aromatic carbocycles. The van der Waals surface area contributed by atoms with E-state index in [1.807, 2.05) is 13.8 Å². The van der Waals surface area contributed by atoms with Crippen LogP contribution >= 0.6 is 27.5 Å². The molecule has 0 heterocycles. The molecular weight excluding hydrogens is 296 g/mol. The highest BCUT2D eigenvalue weighted by Crippen LogP contribution is 2.20. The Morgan fingerprint density at radius 2 is 2.19 bits per heavy atom. The maximum Gasteiger partial charge on any atom is 0.253 e. The number of amides is 1. The molecule has 0 radical (unpaired) electrons. The minimum Gasteiger partial charge on any atom is -0.346 e. The average molecular weight is 309 g/mol. The van der Waals surface area contributed by atoms with Gasteiger partial charge < -0.3 is 5.32 Å². The molecule has 0 spiro atoms. The van der Waals surface area contributed by atoms with Crippen LogP contribution in [0.2, 0.25) is 5.02 Å². The second kappa shape index (κ2) is 5.15. The van der Waals surface area contributed by atoms with Crippen LogP contribution in [0.1, 0.15) is 24.2 Å². The topological polar surface area (TPSA) is 29.1 Å². The van der Waals surface area contributed by atoms with Gasteiger partial charge in [0.05, 0.1) is 10.6 Å². The first kappa shape index (κ1) is 13.5. The van der Waals surface area contributed by atoms with Crippen molar-refractivity contribution in [3.05, 3.63) is 34.6 Å². The minimum absolute atomic E-state index is 0.148. The molecule has 88 valence electrons. The highest BCUT2D eigenvalue weighted by Gasteiger charge is 2.21. The third kappa shape index (κ3) is 3.19. The summed E-state index contributed by atoms with van der Waals surface area (Å²) in [5.74, 6) is -0.972. The number of hydrogen-bond donors (Lipinski definition) is 1. The van der Waals surface area contributed by atoms with Crippen LogP contribution < -0.4 is 5.32 Å². The monoisotopic (exact) mass is 307 g/mol. The van der Waals surface area contributed by atoms with Gasteiger partial charge in [-0.1, -0.05) is 33.6 Å². The lowest BCUT2D eigenvalue weighted by Gasteiger charge is -2.23. The molecule has 1 rings (SSSR count). The highest BCUT2D eigenvalue weighted by molar-refractivity contribution is 9.09. The van der Waals surface area contributed by atoms with Crippen molar-refractivity contribution < 1.29 is 9.18 Å². The Kier molecular flexibility index (Phi) is 4.33. The second-order valence-electron chi connectivity index (χ2n) is 4.07. The summed E-state index contributed by atoms with van der Waals surface area (Å²) in [6.45, 7) is 3.71. The zero-order valence-electron chi connectivity index (χ0n) is 8.98. The molecular formula is C11H12BrClFNO. The molecule has 0 atom stereocenters. The van der Waals surface area contributed by atoms with Crippen molar-refractivity contribution in [1.29, 1.82) is 0 Å². The van der Waals surface area contributed by atoms with E-state index in [0.29, 0.717) is 5.33 Å². The Bertz CT molecular complexity index is 409. The van der Waals surface area contributed by atoms with Crippen molar-refractivity contribution >= 4 is 33.4 Å². The van der Waals surface area contributed by atoms with Gasteiger partial charge in [0.2, 0.25) is 0 Å². The van der Waals surface area contributed by atoms with Gasteiger partial charge in [-0.05, 0) is 26.0 Å². The molecule has 0 aliphatic carbocycles. The standard InChI is InChI=1S/C11H12BrClFNO/c1-11(2,6-12)15-10(16)7-4-3-5-8(14)9(7)13/h3-5H,6H2,1-2H3,(H,15,16). The van der Waals surface area contributed by atoms with Gasteiger partial charge in [-0.15, -0.1) is 0 Å². The van der Waals surface area contributed by atoms with Crippen molar-refractivity contribution in [1.82, 2.24) is 5.32 Å². The summed E-state index contributed by atoms with van der Waals surface area (Å²) in [6, 6.07) is 4.16. The van der Waals surface area contributed by atoms with Crippen LogP contribution in [0.15, 0.2) is 18.2 Å². The Balaban J connectivity index is 2.94. The van der Waals surface area contributed by atoms with Crippen LogP contribution in [0.5, 0.6) is 0 Å². The lowest BCUT2D eigenvalue weighted by atomic mass is 10.1. The van der Waals surface area contributed by atoms with E-state index in [1.54, 1.807) is 0 Å². The van der Waals surface area contributed by atoms with Crippen molar-refractivity contribution in [2.45, 2.75) is 19.4 Å². The number of carbonyl (C=O) groups is 1. The Hall–Kier alpha value is -0.610. The Morgan fingerprint density at radius 1 is 1.56 bits per heavy atom. The third-order valence-corrected chi connectivity index (χ3v) is 3.77. The van der Waals surface area contributed by atoms with Crippen LogP contribution in [0.25, 0.3) is 0 Å². The van der Waals surface area contributed by atoms with Crippen molar-refractivity contribution in [2.24, 2.45) is 0 Å². The molecule has 16 heavy (non-hydrogen) atoms. The maximum atomic E-state index is 13.1. The SMILES string of the molecule is CC(C)(CBr)NC(=O)c1cccc(F)c1Cl. The quantitative estimate of drug-likeness (QED) is 0.852. The number of nitrogens with one attached hydrogen (secondary N) is 1. The summed E-state index contributed by atoms with van der Waals surface area (Å²) in [5, 5.41) is 3.20. The van der Waals surface area contributed by atoms with Crippen LogP contribution in [0.3, 0.4) is 0 Å². The largest absolute Gasteiger partial charge is 0.346 e. The molecule has 2 nitrogen and oxygen atoms in total. The summed E-state index contributed by atoms with van der Waals surface area (Å²) in [5.41, 5.74) is -0.261. The number of hydrogen-bond acceptors (Lipinski definition) is 1. The summed E-state index contributed by atoms with van der Waals surface area (Å²) < 4.78 is 13.1. The lowest BCUT2D eigenvalue weighted by molar-refractivity contribution is 0.0921. The van der Waals surface area contributed by atoms with Crippen molar-refractivity contribution in [2.75, 3.05) is 5.33 Å². The zero-order chi connectivity index (χ0) is 12.3. The van der Waals surface area contributed by atoms with Gasteiger partial charge in [0.15, 0.2) is 0 Å². The first-order valence-electron chi connectivity index (χ1n) is 4.70. The van der Waals surface area contributed by atoms with Gasteiger partial charge in [0.25, 0.3) is 5.91 Å². The van der Waals surface area contributed by atoms with E-state index < -0.39 is 11.4 Å². The summed E-state index contributed by atoms with van der Waals surface area (Å²) in [6.07, 6.45) is 0. The number of halogens is 3. The van der Waals surface area contributed by atoms with E-state index in [1.165, 1.54) is 18.2 Å². The summed E-state index contributed by atoms with van der Waals surface area (Å²) >= 11 is 9.00. The molecule has 1 aromatic rings. The van der Waals surface area contributed by atoms with Gasteiger partial charge in [-0.25, -0.2) is 4.39 Å². The Labute approximate surface area is 107 Å². The van der Waals surface area contributed by atoms with Gasteiger partial charge in [0.1, 0.15) is 5.82 Å². The molecule has 1 N–H and O–H groups in total. The predicted octanol–water partition coefficient (Wildman–Crippen LogP) is 3.38. The van der Waals surface area contributed by atoms with Gasteiger partial charge >= 0.3 is 0 Å². The van der Waals surface area contributed by atoms with Crippen molar-refractivity contribution in [3.8, 4) is 0 Å². The first-order valence-corrected chi connectivity index (χ1v) is 6.20.